The van der Waals surface area contributed by atoms with Crippen molar-refractivity contribution in [3.05, 3.63) is 29.3 Å². The topological polar surface area (TPSA) is 40.5 Å². The van der Waals surface area contributed by atoms with Crippen molar-refractivity contribution in [2.24, 2.45) is 0 Å². The minimum absolute atomic E-state index is 0.0367. The highest BCUT2D eigenvalue weighted by atomic mass is 16.4. The third-order valence-corrected chi connectivity index (χ3v) is 3.50. The van der Waals surface area contributed by atoms with Crippen LogP contribution in [-0.4, -0.2) is 24.2 Å². The van der Waals surface area contributed by atoms with Crippen LogP contribution in [0, 0.1) is 0 Å². The second-order valence-corrected chi connectivity index (χ2v) is 5.98. The van der Waals surface area contributed by atoms with E-state index in [2.05, 4.69) is 25.7 Å². The maximum Gasteiger partial charge on any atom is 0.335 e. The second kappa shape index (κ2) is 4.63. The first kappa shape index (κ1) is 12.9. The van der Waals surface area contributed by atoms with Crippen LogP contribution in [0.15, 0.2) is 18.2 Å². The largest absolute Gasteiger partial charge is 0.478 e. The van der Waals surface area contributed by atoms with Crippen LogP contribution in [-0.2, 0) is 5.41 Å². The summed E-state index contributed by atoms with van der Waals surface area (Å²) in [4.78, 5) is 13.4. The smallest absolute Gasteiger partial charge is 0.335 e. The summed E-state index contributed by atoms with van der Waals surface area (Å²) in [6.45, 7) is 8.57. The Morgan fingerprint density at radius 2 is 1.83 bits per heavy atom. The molecule has 3 heteroatoms. The zero-order valence-electron chi connectivity index (χ0n) is 11.4. The number of carboxylic acid groups (broad SMARTS) is 1. The number of carboxylic acids is 1. The fourth-order valence-electron chi connectivity index (χ4n) is 2.52. The van der Waals surface area contributed by atoms with Crippen LogP contribution in [0.1, 0.15) is 49.5 Å². The Hall–Kier alpha value is -1.51. The van der Waals surface area contributed by atoms with Gasteiger partial charge in [-0.25, -0.2) is 4.79 Å². The molecule has 0 atom stereocenters. The quantitative estimate of drug-likeness (QED) is 0.871. The molecule has 0 saturated carbocycles. The van der Waals surface area contributed by atoms with Gasteiger partial charge in [-0.2, -0.15) is 0 Å². The van der Waals surface area contributed by atoms with E-state index in [0.29, 0.717) is 5.56 Å². The van der Waals surface area contributed by atoms with Gasteiger partial charge in [0.15, 0.2) is 0 Å². The van der Waals surface area contributed by atoms with E-state index in [9.17, 15) is 4.79 Å². The van der Waals surface area contributed by atoms with Crippen LogP contribution < -0.4 is 4.90 Å². The van der Waals surface area contributed by atoms with Gasteiger partial charge in [0.25, 0.3) is 0 Å². The molecule has 2 rings (SSSR count). The molecule has 1 aliphatic heterocycles. The van der Waals surface area contributed by atoms with E-state index in [1.807, 2.05) is 12.1 Å². The van der Waals surface area contributed by atoms with Gasteiger partial charge in [-0.1, -0.05) is 26.8 Å². The van der Waals surface area contributed by atoms with Crippen LogP contribution in [0.4, 0.5) is 5.69 Å². The van der Waals surface area contributed by atoms with E-state index in [1.165, 1.54) is 18.4 Å². The average molecular weight is 247 g/mol. The molecule has 18 heavy (non-hydrogen) atoms. The summed E-state index contributed by atoms with van der Waals surface area (Å²) in [6.07, 6.45) is 2.39. The molecule has 0 amide bonds. The van der Waals surface area contributed by atoms with Gasteiger partial charge < -0.3 is 10.0 Å². The van der Waals surface area contributed by atoms with Crippen molar-refractivity contribution in [1.29, 1.82) is 0 Å². The normalized spacial score (nSPS) is 16.1. The van der Waals surface area contributed by atoms with Gasteiger partial charge >= 0.3 is 5.97 Å². The average Bonchev–Trinajstić information content (AvgIpc) is 2.80. The number of rotatable bonds is 2. The van der Waals surface area contributed by atoms with Crippen molar-refractivity contribution < 1.29 is 9.90 Å². The maximum atomic E-state index is 11.1. The van der Waals surface area contributed by atoms with Crippen LogP contribution in [0.25, 0.3) is 0 Å². The lowest BCUT2D eigenvalue weighted by Gasteiger charge is -2.28. The summed E-state index contributed by atoms with van der Waals surface area (Å²) in [6, 6.07) is 5.51. The number of hydrogen-bond acceptors (Lipinski definition) is 2. The Morgan fingerprint density at radius 3 is 2.33 bits per heavy atom. The minimum Gasteiger partial charge on any atom is -0.478 e. The molecule has 1 heterocycles. The van der Waals surface area contributed by atoms with Crippen LogP contribution >= 0.6 is 0 Å². The zero-order chi connectivity index (χ0) is 13.3. The predicted octanol–water partition coefficient (Wildman–Crippen LogP) is 3.28. The Bertz CT molecular complexity index is 454. The van der Waals surface area contributed by atoms with Crippen molar-refractivity contribution in [3.8, 4) is 0 Å². The monoisotopic (exact) mass is 247 g/mol. The van der Waals surface area contributed by atoms with Gasteiger partial charge in [-0.05, 0) is 36.0 Å². The van der Waals surface area contributed by atoms with Crippen LogP contribution in [0.2, 0.25) is 0 Å². The highest BCUT2D eigenvalue weighted by Gasteiger charge is 2.24. The molecule has 1 fully saturated rings. The molecule has 1 aliphatic rings. The minimum atomic E-state index is -0.851. The summed E-state index contributed by atoms with van der Waals surface area (Å²) in [5, 5.41) is 9.13. The van der Waals surface area contributed by atoms with Gasteiger partial charge in [0.2, 0.25) is 0 Å². The summed E-state index contributed by atoms with van der Waals surface area (Å²) in [7, 11) is 0. The predicted molar refractivity (Wildman–Crippen MR) is 73.5 cm³/mol. The molecule has 0 aliphatic carbocycles. The Balaban J connectivity index is 2.49. The van der Waals surface area contributed by atoms with Gasteiger partial charge in [-0.15, -0.1) is 0 Å². The highest BCUT2D eigenvalue weighted by Crippen LogP contribution is 2.34. The lowest BCUT2D eigenvalue weighted by atomic mass is 9.85. The van der Waals surface area contributed by atoms with Crippen molar-refractivity contribution in [2.45, 2.75) is 39.0 Å². The standard InChI is InChI=1S/C15H21NO2/c1-15(2,3)12-7-6-11(14(17)18)10-13(12)16-8-4-5-9-16/h6-7,10H,4-5,8-9H2,1-3H3,(H,17,18). The summed E-state index contributed by atoms with van der Waals surface area (Å²) in [5.74, 6) is -0.851. The molecular weight excluding hydrogens is 226 g/mol. The zero-order valence-corrected chi connectivity index (χ0v) is 11.4. The van der Waals surface area contributed by atoms with Crippen molar-refractivity contribution >= 4 is 11.7 Å². The first-order valence-corrected chi connectivity index (χ1v) is 6.52. The molecule has 1 aromatic carbocycles. The lowest BCUT2D eigenvalue weighted by Crippen LogP contribution is -2.24. The van der Waals surface area contributed by atoms with Gasteiger partial charge in [-0.3, -0.25) is 0 Å². The Labute approximate surface area is 108 Å². The lowest BCUT2D eigenvalue weighted by molar-refractivity contribution is 0.0697. The molecule has 0 radical (unpaired) electrons. The van der Waals surface area contributed by atoms with Crippen LogP contribution in [0.3, 0.4) is 0 Å². The Morgan fingerprint density at radius 1 is 1.22 bits per heavy atom. The van der Waals surface area contributed by atoms with Crippen LogP contribution in [0.5, 0.6) is 0 Å². The summed E-state index contributed by atoms with van der Waals surface area (Å²) >= 11 is 0. The maximum absolute atomic E-state index is 11.1. The number of hydrogen-bond donors (Lipinski definition) is 1. The molecular formula is C15H21NO2. The molecule has 0 unspecified atom stereocenters. The van der Waals surface area contributed by atoms with E-state index in [-0.39, 0.29) is 5.41 Å². The first-order valence-electron chi connectivity index (χ1n) is 6.52. The van der Waals surface area contributed by atoms with Crippen molar-refractivity contribution in [2.75, 3.05) is 18.0 Å². The Kier molecular flexibility index (Phi) is 3.33. The van der Waals surface area contributed by atoms with E-state index in [0.717, 1.165) is 18.8 Å². The molecule has 0 aromatic heterocycles. The van der Waals surface area contributed by atoms with Gasteiger partial charge in [0.05, 0.1) is 5.56 Å². The molecule has 3 nitrogen and oxygen atoms in total. The molecule has 0 bridgehead atoms. The van der Waals surface area contributed by atoms with Crippen molar-refractivity contribution in [1.82, 2.24) is 0 Å². The third kappa shape index (κ3) is 2.50. The summed E-state index contributed by atoms with van der Waals surface area (Å²) < 4.78 is 0. The van der Waals surface area contributed by atoms with E-state index in [1.54, 1.807) is 6.07 Å². The molecule has 0 spiro atoms. The molecule has 1 saturated heterocycles. The fourth-order valence-corrected chi connectivity index (χ4v) is 2.52. The number of carbonyl (C=O) groups is 1. The number of aromatic carboxylic acids is 1. The number of anilines is 1. The van der Waals surface area contributed by atoms with Gasteiger partial charge in [0.1, 0.15) is 0 Å². The molecule has 1 aromatic rings. The van der Waals surface area contributed by atoms with E-state index in [4.69, 9.17) is 5.11 Å². The van der Waals surface area contributed by atoms with Gasteiger partial charge in [0, 0.05) is 18.8 Å². The van der Waals surface area contributed by atoms with E-state index >= 15 is 0 Å². The fraction of sp³-hybridized carbons (Fsp3) is 0.533. The number of nitrogens with zero attached hydrogens (tertiary/aromatic N) is 1. The second-order valence-electron chi connectivity index (χ2n) is 5.98. The third-order valence-electron chi connectivity index (χ3n) is 3.50. The number of benzene rings is 1. The van der Waals surface area contributed by atoms with Crippen molar-refractivity contribution in [3.63, 3.8) is 0 Å². The molecule has 1 N–H and O–H groups in total. The van der Waals surface area contributed by atoms with E-state index < -0.39 is 5.97 Å². The highest BCUT2D eigenvalue weighted by molar-refractivity contribution is 5.89. The summed E-state index contributed by atoms with van der Waals surface area (Å²) in [5.41, 5.74) is 2.74. The first-order chi connectivity index (χ1) is 8.39. The SMILES string of the molecule is CC(C)(C)c1ccc(C(=O)O)cc1N1CCCC1. The molecule has 98 valence electrons.